The Morgan fingerprint density at radius 1 is 1.05 bits per heavy atom. The molecule has 19 heavy (non-hydrogen) atoms. The van der Waals surface area contributed by atoms with E-state index in [1.165, 1.54) is 16.7 Å². The molecule has 2 N–H and O–H groups in total. The Morgan fingerprint density at radius 3 is 2.63 bits per heavy atom. The summed E-state index contributed by atoms with van der Waals surface area (Å²) in [4.78, 5) is 0. The Kier molecular flexibility index (Phi) is 3.03. The number of rotatable bonds is 1. The van der Waals surface area contributed by atoms with Gasteiger partial charge < -0.3 is 10.5 Å². The van der Waals surface area contributed by atoms with Gasteiger partial charge in [0.25, 0.3) is 0 Å². The molecule has 0 radical (unpaired) electrons. The van der Waals surface area contributed by atoms with Gasteiger partial charge in [-0.25, -0.2) is 0 Å². The van der Waals surface area contributed by atoms with E-state index in [-0.39, 0.29) is 12.1 Å². The van der Waals surface area contributed by atoms with Crippen LogP contribution >= 0.6 is 0 Å². The molecule has 2 heteroatoms. The SMILES string of the molecule is Cc1ccc(C2CC(N)c3ccccc3O2)cc1C. The van der Waals surface area contributed by atoms with Crippen LogP contribution < -0.4 is 10.5 Å². The van der Waals surface area contributed by atoms with Crippen molar-refractivity contribution in [3.63, 3.8) is 0 Å². The van der Waals surface area contributed by atoms with Crippen LogP contribution in [0, 0.1) is 13.8 Å². The van der Waals surface area contributed by atoms with Crippen molar-refractivity contribution >= 4 is 0 Å². The highest BCUT2D eigenvalue weighted by Crippen LogP contribution is 2.39. The van der Waals surface area contributed by atoms with Crippen molar-refractivity contribution in [2.75, 3.05) is 0 Å². The van der Waals surface area contributed by atoms with E-state index in [1.54, 1.807) is 0 Å². The van der Waals surface area contributed by atoms with Gasteiger partial charge in [0.15, 0.2) is 0 Å². The van der Waals surface area contributed by atoms with Crippen LogP contribution in [0.4, 0.5) is 0 Å². The molecule has 0 saturated heterocycles. The normalized spacial score (nSPS) is 21.6. The molecule has 1 aliphatic rings. The van der Waals surface area contributed by atoms with Gasteiger partial charge in [-0.1, -0.05) is 36.4 Å². The number of hydrogen-bond donors (Lipinski definition) is 1. The molecule has 2 atom stereocenters. The molecule has 2 nitrogen and oxygen atoms in total. The Morgan fingerprint density at radius 2 is 1.84 bits per heavy atom. The van der Waals surface area contributed by atoms with E-state index in [1.807, 2.05) is 18.2 Å². The molecule has 0 spiro atoms. The highest BCUT2D eigenvalue weighted by molar-refractivity contribution is 5.40. The topological polar surface area (TPSA) is 35.2 Å². The van der Waals surface area contributed by atoms with E-state index in [9.17, 15) is 0 Å². The number of benzene rings is 2. The number of para-hydroxylation sites is 1. The van der Waals surface area contributed by atoms with E-state index in [4.69, 9.17) is 10.5 Å². The maximum Gasteiger partial charge on any atom is 0.126 e. The molecule has 1 aliphatic heterocycles. The average Bonchev–Trinajstić information content (AvgIpc) is 2.42. The number of fused-ring (bicyclic) bond motifs is 1. The molecule has 0 fully saturated rings. The van der Waals surface area contributed by atoms with Crippen molar-refractivity contribution in [2.24, 2.45) is 5.73 Å². The molecular formula is C17H19NO. The first-order chi connectivity index (χ1) is 9.15. The molecule has 98 valence electrons. The summed E-state index contributed by atoms with van der Waals surface area (Å²) in [5, 5.41) is 0. The highest BCUT2D eigenvalue weighted by Gasteiger charge is 2.26. The van der Waals surface area contributed by atoms with Crippen molar-refractivity contribution in [3.05, 3.63) is 64.7 Å². The van der Waals surface area contributed by atoms with Gasteiger partial charge in [-0.15, -0.1) is 0 Å². The fraction of sp³-hybridized carbons (Fsp3) is 0.294. The maximum atomic E-state index is 6.26. The second-order valence-corrected chi connectivity index (χ2v) is 5.33. The summed E-state index contributed by atoms with van der Waals surface area (Å²) in [6.07, 6.45) is 0.892. The number of ether oxygens (including phenoxy) is 1. The van der Waals surface area contributed by atoms with Crippen LogP contribution in [0.5, 0.6) is 5.75 Å². The van der Waals surface area contributed by atoms with Crippen molar-refractivity contribution < 1.29 is 4.74 Å². The van der Waals surface area contributed by atoms with Crippen LogP contribution in [0.1, 0.15) is 40.8 Å². The minimum atomic E-state index is 0.0524. The standard InChI is InChI=1S/C17H19NO/c1-11-7-8-13(9-12(11)2)17-10-15(18)14-5-3-4-6-16(14)19-17/h3-9,15,17H,10,18H2,1-2H3. The molecule has 2 aromatic carbocycles. The minimum absolute atomic E-state index is 0.0524. The van der Waals surface area contributed by atoms with E-state index in [2.05, 4.69) is 38.1 Å². The maximum absolute atomic E-state index is 6.26. The van der Waals surface area contributed by atoms with E-state index >= 15 is 0 Å². The van der Waals surface area contributed by atoms with E-state index in [0.717, 1.165) is 17.7 Å². The molecule has 0 aliphatic carbocycles. The van der Waals surface area contributed by atoms with Crippen LogP contribution in [0.2, 0.25) is 0 Å². The second kappa shape index (κ2) is 4.71. The Labute approximate surface area is 114 Å². The molecule has 0 bridgehead atoms. The summed E-state index contributed by atoms with van der Waals surface area (Å²) >= 11 is 0. The van der Waals surface area contributed by atoms with Crippen LogP contribution in [-0.2, 0) is 0 Å². The lowest BCUT2D eigenvalue weighted by Gasteiger charge is -2.30. The number of aryl methyl sites for hydroxylation is 2. The van der Waals surface area contributed by atoms with Crippen LogP contribution in [0.25, 0.3) is 0 Å². The van der Waals surface area contributed by atoms with Gasteiger partial charge in [-0.05, 0) is 36.6 Å². The summed E-state index contributed by atoms with van der Waals surface area (Å²) in [7, 11) is 0. The lowest BCUT2D eigenvalue weighted by molar-refractivity contribution is 0.161. The lowest BCUT2D eigenvalue weighted by atomic mass is 9.92. The molecule has 2 unspecified atom stereocenters. The van der Waals surface area contributed by atoms with Crippen molar-refractivity contribution in [2.45, 2.75) is 32.4 Å². The van der Waals surface area contributed by atoms with Gasteiger partial charge in [0.05, 0.1) is 0 Å². The summed E-state index contributed by atoms with van der Waals surface area (Å²) in [6, 6.07) is 14.6. The predicted octanol–water partition coefficient (Wildman–Crippen LogP) is 3.83. The van der Waals surface area contributed by atoms with Gasteiger partial charge in [-0.3, -0.25) is 0 Å². The Bertz CT molecular complexity index is 606. The molecule has 0 aromatic heterocycles. The third kappa shape index (κ3) is 2.24. The largest absolute Gasteiger partial charge is 0.485 e. The zero-order valence-electron chi connectivity index (χ0n) is 11.4. The third-order valence-electron chi connectivity index (χ3n) is 3.96. The highest BCUT2D eigenvalue weighted by atomic mass is 16.5. The summed E-state index contributed by atoms with van der Waals surface area (Å²) in [5.41, 5.74) is 11.2. The summed E-state index contributed by atoms with van der Waals surface area (Å²) < 4.78 is 6.10. The van der Waals surface area contributed by atoms with Crippen molar-refractivity contribution in [1.82, 2.24) is 0 Å². The van der Waals surface area contributed by atoms with Crippen LogP contribution in [-0.4, -0.2) is 0 Å². The molecular weight excluding hydrogens is 234 g/mol. The average molecular weight is 253 g/mol. The van der Waals surface area contributed by atoms with Gasteiger partial charge in [0, 0.05) is 18.0 Å². The van der Waals surface area contributed by atoms with Crippen molar-refractivity contribution in [3.8, 4) is 5.75 Å². The second-order valence-electron chi connectivity index (χ2n) is 5.33. The molecule has 0 amide bonds. The number of hydrogen-bond acceptors (Lipinski definition) is 2. The van der Waals surface area contributed by atoms with Crippen LogP contribution in [0.3, 0.4) is 0 Å². The van der Waals surface area contributed by atoms with E-state index < -0.39 is 0 Å². The monoisotopic (exact) mass is 253 g/mol. The smallest absolute Gasteiger partial charge is 0.126 e. The molecule has 1 heterocycles. The Balaban J connectivity index is 1.94. The van der Waals surface area contributed by atoms with Crippen LogP contribution in [0.15, 0.2) is 42.5 Å². The molecule has 0 saturated carbocycles. The predicted molar refractivity (Wildman–Crippen MR) is 77.3 cm³/mol. The molecule has 3 rings (SSSR count). The van der Waals surface area contributed by atoms with Gasteiger partial charge in [0.2, 0.25) is 0 Å². The zero-order chi connectivity index (χ0) is 13.4. The lowest BCUT2D eigenvalue weighted by Crippen LogP contribution is -2.24. The minimum Gasteiger partial charge on any atom is -0.485 e. The Hall–Kier alpha value is -1.80. The van der Waals surface area contributed by atoms with Gasteiger partial charge in [-0.2, -0.15) is 0 Å². The first-order valence-electron chi connectivity index (χ1n) is 6.73. The third-order valence-corrected chi connectivity index (χ3v) is 3.96. The first-order valence-corrected chi connectivity index (χ1v) is 6.73. The fourth-order valence-electron chi connectivity index (χ4n) is 2.62. The van der Waals surface area contributed by atoms with E-state index in [0.29, 0.717) is 0 Å². The zero-order valence-corrected chi connectivity index (χ0v) is 11.4. The molecule has 2 aromatic rings. The first kappa shape index (κ1) is 12.2. The fourth-order valence-corrected chi connectivity index (χ4v) is 2.62. The van der Waals surface area contributed by atoms with Crippen molar-refractivity contribution in [1.29, 1.82) is 0 Å². The van der Waals surface area contributed by atoms with Gasteiger partial charge in [0.1, 0.15) is 11.9 Å². The summed E-state index contributed by atoms with van der Waals surface area (Å²) in [5.74, 6) is 0.921. The van der Waals surface area contributed by atoms with Gasteiger partial charge >= 0.3 is 0 Å². The number of nitrogens with two attached hydrogens (primary N) is 1. The quantitative estimate of drug-likeness (QED) is 0.838. The summed E-state index contributed by atoms with van der Waals surface area (Å²) in [6.45, 7) is 4.26.